The van der Waals surface area contributed by atoms with Crippen molar-refractivity contribution in [2.24, 2.45) is 0 Å². The van der Waals surface area contributed by atoms with Gasteiger partial charge in [0.25, 0.3) is 0 Å². The highest BCUT2D eigenvalue weighted by atomic mass is 16.5. The van der Waals surface area contributed by atoms with Crippen LogP contribution in [-0.4, -0.2) is 16.6 Å². The highest BCUT2D eigenvalue weighted by molar-refractivity contribution is 5.54. The molecule has 0 aliphatic heterocycles. The van der Waals surface area contributed by atoms with Crippen LogP contribution in [0.5, 0.6) is 0 Å². The monoisotopic (exact) mass is 214 g/mol. The number of rotatable bonds is 4. The fraction of sp³-hybridized carbons (Fsp3) is 0.231. The van der Waals surface area contributed by atoms with E-state index < -0.39 is 0 Å². The summed E-state index contributed by atoms with van der Waals surface area (Å²) < 4.78 is 5.33. The average Bonchev–Trinajstić information content (AvgIpc) is 2.38. The molecule has 1 heterocycles. The normalized spacial score (nSPS) is 10.3. The first-order chi connectivity index (χ1) is 7.90. The molecule has 0 saturated heterocycles. The fourth-order valence-electron chi connectivity index (χ4n) is 1.42. The molecule has 3 nitrogen and oxygen atoms in total. The number of aromatic nitrogens is 2. The molecule has 0 bridgehead atoms. The topological polar surface area (TPSA) is 35.0 Å². The van der Waals surface area contributed by atoms with Gasteiger partial charge in [0.15, 0.2) is 5.82 Å². The molecule has 0 amide bonds. The summed E-state index contributed by atoms with van der Waals surface area (Å²) >= 11 is 0. The minimum atomic E-state index is 0.659. The number of ether oxygens (including phenoxy) is 1. The number of hydrogen-bond acceptors (Lipinski definition) is 3. The molecular weight excluding hydrogens is 200 g/mol. The lowest BCUT2D eigenvalue weighted by atomic mass is 10.1. The van der Waals surface area contributed by atoms with E-state index in [0.29, 0.717) is 6.61 Å². The van der Waals surface area contributed by atoms with Crippen LogP contribution in [0, 0.1) is 0 Å². The van der Waals surface area contributed by atoms with Gasteiger partial charge in [-0.1, -0.05) is 24.3 Å². The van der Waals surface area contributed by atoms with E-state index in [-0.39, 0.29) is 0 Å². The molecule has 3 heteroatoms. The number of benzene rings is 1. The summed E-state index contributed by atoms with van der Waals surface area (Å²) in [4.78, 5) is 8.40. The lowest BCUT2D eigenvalue weighted by molar-refractivity contribution is 0.134. The van der Waals surface area contributed by atoms with Crippen LogP contribution >= 0.6 is 0 Å². The zero-order valence-electron chi connectivity index (χ0n) is 9.26. The van der Waals surface area contributed by atoms with E-state index in [0.717, 1.165) is 18.0 Å². The van der Waals surface area contributed by atoms with Gasteiger partial charge in [0, 0.05) is 24.6 Å². The first-order valence-electron chi connectivity index (χ1n) is 5.34. The van der Waals surface area contributed by atoms with Crippen LogP contribution < -0.4 is 0 Å². The van der Waals surface area contributed by atoms with Gasteiger partial charge in [-0.25, -0.2) is 9.97 Å². The van der Waals surface area contributed by atoms with Crippen LogP contribution in [-0.2, 0) is 11.3 Å². The molecule has 0 aliphatic rings. The van der Waals surface area contributed by atoms with E-state index in [4.69, 9.17) is 4.74 Å². The first-order valence-corrected chi connectivity index (χ1v) is 5.34. The fourth-order valence-corrected chi connectivity index (χ4v) is 1.42. The Balaban J connectivity index is 2.13. The van der Waals surface area contributed by atoms with Gasteiger partial charge in [-0.15, -0.1) is 0 Å². The van der Waals surface area contributed by atoms with Gasteiger partial charge in [0.2, 0.25) is 0 Å². The second kappa shape index (κ2) is 5.37. The van der Waals surface area contributed by atoms with E-state index in [1.165, 1.54) is 5.56 Å². The molecule has 0 saturated carbocycles. The van der Waals surface area contributed by atoms with Gasteiger partial charge in [0.05, 0.1) is 6.61 Å². The smallest absolute Gasteiger partial charge is 0.159 e. The Labute approximate surface area is 95.1 Å². The molecule has 0 aliphatic carbocycles. The SMILES string of the molecule is CCOCc1ccc(-c2ncccn2)cc1. The van der Waals surface area contributed by atoms with Crippen LogP contribution in [0.15, 0.2) is 42.7 Å². The van der Waals surface area contributed by atoms with Crippen LogP contribution in [0.2, 0.25) is 0 Å². The Morgan fingerprint density at radius 3 is 2.38 bits per heavy atom. The van der Waals surface area contributed by atoms with E-state index in [2.05, 4.69) is 9.97 Å². The molecule has 0 spiro atoms. The minimum absolute atomic E-state index is 0.659. The maximum Gasteiger partial charge on any atom is 0.159 e. The van der Waals surface area contributed by atoms with Gasteiger partial charge < -0.3 is 4.74 Å². The van der Waals surface area contributed by atoms with Crippen molar-refractivity contribution in [3.05, 3.63) is 48.3 Å². The molecule has 0 atom stereocenters. The number of hydrogen-bond donors (Lipinski definition) is 0. The van der Waals surface area contributed by atoms with Gasteiger partial charge in [-0.05, 0) is 18.6 Å². The first kappa shape index (κ1) is 10.8. The van der Waals surface area contributed by atoms with Crippen molar-refractivity contribution in [1.29, 1.82) is 0 Å². The van der Waals surface area contributed by atoms with Crippen molar-refractivity contribution in [3.63, 3.8) is 0 Å². The molecule has 0 N–H and O–H groups in total. The number of nitrogens with zero attached hydrogens (tertiary/aromatic N) is 2. The van der Waals surface area contributed by atoms with Crippen molar-refractivity contribution in [3.8, 4) is 11.4 Å². The Hall–Kier alpha value is -1.74. The molecule has 0 unspecified atom stereocenters. The van der Waals surface area contributed by atoms with Crippen molar-refractivity contribution < 1.29 is 4.74 Å². The minimum Gasteiger partial charge on any atom is -0.377 e. The summed E-state index contributed by atoms with van der Waals surface area (Å²) in [5, 5.41) is 0. The highest BCUT2D eigenvalue weighted by Gasteiger charge is 1.99. The van der Waals surface area contributed by atoms with Crippen LogP contribution in [0.1, 0.15) is 12.5 Å². The van der Waals surface area contributed by atoms with Crippen LogP contribution in [0.25, 0.3) is 11.4 Å². The van der Waals surface area contributed by atoms with E-state index in [1.807, 2.05) is 37.3 Å². The predicted octanol–water partition coefficient (Wildman–Crippen LogP) is 2.68. The van der Waals surface area contributed by atoms with Gasteiger partial charge >= 0.3 is 0 Å². The summed E-state index contributed by atoms with van der Waals surface area (Å²) in [6, 6.07) is 9.93. The van der Waals surface area contributed by atoms with Gasteiger partial charge in [0.1, 0.15) is 0 Å². The average molecular weight is 214 g/mol. The molecule has 82 valence electrons. The van der Waals surface area contributed by atoms with Crippen LogP contribution in [0.3, 0.4) is 0 Å². The molecule has 16 heavy (non-hydrogen) atoms. The van der Waals surface area contributed by atoms with Crippen molar-refractivity contribution in [2.45, 2.75) is 13.5 Å². The van der Waals surface area contributed by atoms with Crippen molar-refractivity contribution in [1.82, 2.24) is 9.97 Å². The van der Waals surface area contributed by atoms with Gasteiger partial charge in [-0.2, -0.15) is 0 Å². The zero-order chi connectivity index (χ0) is 11.2. The third-order valence-electron chi connectivity index (χ3n) is 2.25. The maximum absolute atomic E-state index is 5.33. The van der Waals surface area contributed by atoms with E-state index in [9.17, 15) is 0 Å². The highest BCUT2D eigenvalue weighted by Crippen LogP contribution is 2.14. The van der Waals surface area contributed by atoms with Crippen molar-refractivity contribution >= 4 is 0 Å². The Morgan fingerprint density at radius 2 is 1.75 bits per heavy atom. The standard InChI is InChI=1S/C13H14N2O/c1-2-16-10-11-4-6-12(7-5-11)13-14-8-3-9-15-13/h3-9H,2,10H2,1H3. The quantitative estimate of drug-likeness (QED) is 0.784. The molecule has 2 rings (SSSR count). The summed E-state index contributed by atoms with van der Waals surface area (Å²) in [5.74, 6) is 0.755. The Bertz CT molecular complexity index is 425. The zero-order valence-corrected chi connectivity index (χ0v) is 9.26. The van der Waals surface area contributed by atoms with Gasteiger partial charge in [-0.3, -0.25) is 0 Å². The molecule has 1 aromatic heterocycles. The van der Waals surface area contributed by atoms with Crippen LogP contribution in [0.4, 0.5) is 0 Å². The van der Waals surface area contributed by atoms with Crippen molar-refractivity contribution in [2.75, 3.05) is 6.61 Å². The summed E-state index contributed by atoms with van der Waals surface area (Å²) in [5.41, 5.74) is 2.20. The second-order valence-electron chi connectivity index (χ2n) is 3.41. The Kier molecular flexibility index (Phi) is 3.62. The summed E-state index contributed by atoms with van der Waals surface area (Å²) in [6.45, 7) is 3.39. The largest absolute Gasteiger partial charge is 0.377 e. The lowest BCUT2D eigenvalue weighted by Gasteiger charge is -2.03. The Morgan fingerprint density at radius 1 is 1.06 bits per heavy atom. The maximum atomic E-state index is 5.33. The summed E-state index contributed by atoms with van der Waals surface area (Å²) in [7, 11) is 0. The van der Waals surface area contributed by atoms with E-state index >= 15 is 0 Å². The van der Waals surface area contributed by atoms with E-state index in [1.54, 1.807) is 12.4 Å². The molecular formula is C13H14N2O. The second-order valence-corrected chi connectivity index (χ2v) is 3.41. The third kappa shape index (κ3) is 2.64. The summed E-state index contributed by atoms with van der Waals surface area (Å²) in [6.07, 6.45) is 3.49. The molecule has 2 aromatic rings. The third-order valence-corrected chi connectivity index (χ3v) is 2.25. The lowest BCUT2D eigenvalue weighted by Crippen LogP contribution is -1.92. The molecule has 0 fully saturated rings. The predicted molar refractivity (Wildman–Crippen MR) is 62.8 cm³/mol. The molecule has 1 aromatic carbocycles. The molecule has 0 radical (unpaired) electrons.